The third kappa shape index (κ3) is 6.82. The summed E-state index contributed by atoms with van der Waals surface area (Å²) in [7, 11) is -1.56. The standard InChI is InChI=1S/C32H33N7O2S3/c1-22-19-25(11-13-28(22)35-36-31-34-32(37-43-31)44(40,41)21-24-9-5-4-6-10-24)33-27-14-12-26(20-23(27)2)38(3)29-15-16-30(42-29)39-17-7-8-18-39/h4-6,9-16,19-20,33H,7-8,17-18,21H2,1-3H3/b36-35+. The fraction of sp³-hybridized carbons (Fsp3) is 0.250. The second-order valence-electron chi connectivity index (χ2n) is 10.8. The van der Waals surface area contributed by atoms with E-state index in [0.717, 1.165) is 52.8 Å². The monoisotopic (exact) mass is 643 g/mol. The molecule has 2 aromatic heterocycles. The minimum Gasteiger partial charge on any atom is -0.363 e. The van der Waals surface area contributed by atoms with Crippen molar-refractivity contribution in [3.8, 4) is 0 Å². The Labute approximate surface area is 266 Å². The van der Waals surface area contributed by atoms with Gasteiger partial charge in [-0.25, -0.2) is 8.42 Å². The summed E-state index contributed by atoms with van der Waals surface area (Å²) in [5.74, 6) is -0.165. The van der Waals surface area contributed by atoms with E-state index in [1.54, 1.807) is 24.3 Å². The van der Waals surface area contributed by atoms with Crippen LogP contribution in [0.15, 0.2) is 94.2 Å². The molecule has 1 aliphatic heterocycles. The van der Waals surface area contributed by atoms with Crippen LogP contribution in [-0.4, -0.2) is 37.9 Å². The lowest BCUT2D eigenvalue weighted by Gasteiger charge is -2.20. The molecule has 44 heavy (non-hydrogen) atoms. The van der Waals surface area contributed by atoms with Crippen LogP contribution in [0.2, 0.25) is 0 Å². The van der Waals surface area contributed by atoms with Crippen LogP contribution in [0, 0.1) is 13.8 Å². The molecular formula is C32H33N7O2S3. The Kier molecular flexibility index (Phi) is 8.74. The lowest BCUT2D eigenvalue weighted by atomic mass is 10.1. The molecule has 6 rings (SSSR count). The number of nitrogens with one attached hydrogen (secondary N) is 1. The summed E-state index contributed by atoms with van der Waals surface area (Å²) < 4.78 is 29.4. The van der Waals surface area contributed by atoms with Gasteiger partial charge < -0.3 is 15.1 Å². The molecule has 0 aliphatic carbocycles. The van der Waals surface area contributed by atoms with Crippen LogP contribution in [0.4, 0.5) is 37.9 Å². The summed E-state index contributed by atoms with van der Waals surface area (Å²) in [6, 6.07) is 25.7. The molecule has 3 aromatic carbocycles. The van der Waals surface area contributed by atoms with Crippen LogP contribution in [0.1, 0.15) is 29.5 Å². The Balaban J connectivity index is 1.10. The van der Waals surface area contributed by atoms with E-state index in [-0.39, 0.29) is 16.0 Å². The predicted octanol–water partition coefficient (Wildman–Crippen LogP) is 8.72. The van der Waals surface area contributed by atoms with Gasteiger partial charge >= 0.3 is 0 Å². The molecular weight excluding hydrogens is 611 g/mol. The molecule has 0 bridgehead atoms. The molecule has 9 nitrogen and oxygen atoms in total. The summed E-state index contributed by atoms with van der Waals surface area (Å²) in [6.45, 7) is 6.37. The maximum absolute atomic E-state index is 12.7. The molecule has 5 aromatic rings. The lowest BCUT2D eigenvalue weighted by molar-refractivity contribution is 0.588. The van der Waals surface area contributed by atoms with Gasteiger partial charge in [-0.2, -0.15) is 9.36 Å². The van der Waals surface area contributed by atoms with Gasteiger partial charge in [0.15, 0.2) is 0 Å². The number of anilines is 5. The SMILES string of the molecule is Cc1cc(Nc2ccc(N(C)c3ccc(N4CCCC4)s3)cc2C)ccc1/N=N/c1nc(S(=O)(=O)Cc2ccccc2)ns1. The van der Waals surface area contributed by atoms with E-state index in [1.165, 1.54) is 22.8 Å². The number of rotatable bonds is 10. The number of hydrogen-bond acceptors (Lipinski definition) is 11. The highest BCUT2D eigenvalue weighted by Gasteiger charge is 2.21. The van der Waals surface area contributed by atoms with Crippen molar-refractivity contribution in [1.29, 1.82) is 0 Å². The van der Waals surface area contributed by atoms with Crippen molar-refractivity contribution in [3.05, 3.63) is 95.6 Å². The Morgan fingerprint density at radius 2 is 1.73 bits per heavy atom. The minimum absolute atomic E-state index is 0.165. The highest BCUT2D eigenvalue weighted by molar-refractivity contribution is 7.90. The molecule has 3 heterocycles. The topological polar surface area (TPSA) is 103 Å². The van der Waals surface area contributed by atoms with E-state index in [0.29, 0.717) is 11.3 Å². The molecule has 0 spiro atoms. The average Bonchev–Trinajstić information content (AvgIpc) is 3.80. The fourth-order valence-electron chi connectivity index (χ4n) is 5.05. The van der Waals surface area contributed by atoms with Gasteiger partial charge in [-0.1, -0.05) is 30.3 Å². The van der Waals surface area contributed by atoms with Crippen LogP contribution < -0.4 is 15.1 Å². The van der Waals surface area contributed by atoms with Crippen molar-refractivity contribution < 1.29 is 8.42 Å². The Hall–Kier alpha value is -4.13. The van der Waals surface area contributed by atoms with Crippen molar-refractivity contribution >= 4 is 70.6 Å². The van der Waals surface area contributed by atoms with Crippen molar-refractivity contribution in [2.45, 2.75) is 37.6 Å². The smallest absolute Gasteiger partial charge is 0.261 e. The van der Waals surface area contributed by atoms with Gasteiger partial charge in [-0.15, -0.1) is 21.6 Å². The lowest BCUT2D eigenvalue weighted by Crippen LogP contribution is -2.15. The third-order valence-corrected chi connectivity index (χ3v) is 10.9. The molecule has 1 fully saturated rings. The Morgan fingerprint density at radius 3 is 2.48 bits per heavy atom. The van der Waals surface area contributed by atoms with Gasteiger partial charge in [0.2, 0.25) is 15.0 Å². The van der Waals surface area contributed by atoms with Crippen molar-refractivity contribution in [2.75, 3.05) is 35.3 Å². The normalized spacial score (nSPS) is 13.6. The number of sulfone groups is 1. The molecule has 1 N–H and O–H groups in total. The number of thiophene rings is 1. The van der Waals surface area contributed by atoms with Crippen LogP contribution in [0.3, 0.4) is 0 Å². The molecule has 1 aliphatic rings. The summed E-state index contributed by atoms with van der Waals surface area (Å²) in [5.41, 5.74) is 6.50. The molecule has 0 radical (unpaired) electrons. The van der Waals surface area contributed by atoms with Gasteiger partial charge in [-0.3, -0.25) is 0 Å². The zero-order chi connectivity index (χ0) is 30.7. The van der Waals surface area contributed by atoms with E-state index in [4.69, 9.17) is 0 Å². The average molecular weight is 644 g/mol. The first kappa shape index (κ1) is 29.9. The number of azo groups is 1. The highest BCUT2D eigenvalue weighted by Crippen LogP contribution is 2.38. The van der Waals surface area contributed by atoms with Gasteiger partial charge in [-0.05, 0) is 91.9 Å². The van der Waals surface area contributed by atoms with E-state index in [2.05, 4.69) is 79.0 Å². The fourth-order valence-corrected chi connectivity index (χ4v) is 8.11. The number of benzene rings is 3. The van der Waals surface area contributed by atoms with Gasteiger partial charge in [0, 0.05) is 48.7 Å². The first-order chi connectivity index (χ1) is 21.2. The largest absolute Gasteiger partial charge is 0.363 e. The number of nitrogens with zero attached hydrogens (tertiary/aromatic N) is 6. The second kappa shape index (κ2) is 12.8. The van der Waals surface area contributed by atoms with Crippen LogP contribution in [0.5, 0.6) is 0 Å². The zero-order valence-electron chi connectivity index (χ0n) is 24.8. The van der Waals surface area contributed by atoms with Gasteiger partial charge in [0.05, 0.1) is 21.4 Å². The molecule has 12 heteroatoms. The number of aryl methyl sites for hydroxylation is 2. The van der Waals surface area contributed by atoms with Crippen molar-refractivity contribution in [3.63, 3.8) is 0 Å². The van der Waals surface area contributed by atoms with E-state index in [9.17, 15) is 8.42 Å². The highest BCUT2D eigenvalue weighted by atomic mass is 32.2. The molecule has 0 atom stereocenters. The third-order valence-electron chi connectivity index (χ3n) is 7.52. The van der Waals surface area contributed by atoms with E-state index in [1.807, 2.05) is 42.5 Å². The first-order valence-corrected chi connectivity index (χ1v) is 17.6. The van der Waals surface area contributed by atoms with Gasteiger partial charge in [0.25, 0.3) is 5.16 Å². The molecule has 1 saturated heterocycles. The van der Waals surface area contributed by atoms with E-state index >= 15 is 0 Å². The first-order valence-electron chi connectivity index (χ1n) is 14.3. The van der Waals surface area contributed by atoms with Crippen LogP contribution >= 0.6 is 22.9 Å². The quantitative estimate of drug-likeness (QED) is 0.152. The Bertz CT molecular complexity index is 1900. The van der Waals surface area contributed by atoms with Crippen LogP contribution in [-0.2, 0) is 15.6 Å². The summed E-state index contributed by atoms with van der Waals surface area (Å²) in [5, 5.41) is 14.5. The second-order valence-corrected chi connectivity index (χ2v) is 14.4. The predicted molar refractivity (Wildman–Crippen MR) is 181 cm³/mol. The minimum atomic E-state index is -3.67. The Morgan fingerprint density at radius 1 is 0.932 bits per heavy atom. The van der Waals surface area contributed by atoms with Crippen molar-refractivity contribution in [1.82, 2.24) is 9.36 Å². The van der Waals surface area contributed by atoms with Crippen molar-refractivity contribution in [2.24, 2.45) is 10.2 Å². The van der Waals surface area contributed by atoms with Crippen LogP contribution in [0.25, 0.3) is 0 Å². The summed E-state index contributed by atoms with van der Waals surface area (Å²) >= 11 is 2.75. The maximum Gasteiger partial charge on any atom is 0.261 e. The molecule has 0 unspecified atom stereocenters. The molecule has 0 amide bonds. The number of hydrogen-bond donors (Lipinski definition) is 1. The van der Waals surface area contributed by atoms with E-state index < -0.39 is 9.84 Å². The summed E-state index contributed by atoms with van der Waals surface area (Å²) in [4.78, 5) is 8.82. The van der Waals surface area contributed by atoms with Gasteiger partial charge in [0.1, 0.15) is 0 Å². The summed E-state index contributed by atoms with van der Waals surface area (Å²) in [6.07, 6.45) is 2.55. The maximum atomic E-state index is 12.7. The molecule has 226 valence electrons. The molecule has 0 saturated carbocycles. The number of aromatic nitrogens is 2. The zero-order valence-corrected chi connectivity index (χ0v) is 27.2.